The number of carbonyl (C=O) groups is 2. The summed E-state index contributed by atoms with van der Waals surface area (Å²) in [6.45, 7) is 1.07. The number of thiophene rings is 1. The zero-order chi connectivity index (χ0) is 24.9. The van der Waals surface area contributed by atoms with Crippen LogP contribution in [0, 0.1) is 11.3 Å². The Morgan fingerprint density at radius 2 is 1.94 bits per heavy atom. The number of aromatic amines is 1. The zero-order valence-corrected chi connectivity index (χ0v) is 20.6. The molecule has 0 saturated heterocycles. The summed E-state index contributed by atoms with van der Waals surface area (Å²) in [6, 6.07) is 20.0. The molecule has 2 amide bonds. The molecule has 180 valence electrons. The molecule has 0 saturated carbocycles. The van der Waals surface area contributed by atoms with Crippen LogP contribution in [0.2, 0.25) is 0 Å². The van der Waals surface area contributed by atoms with Gasteiger partial charge in [0.1, 0.15) is 11.1 Å². The number of benzene rings is 2. The Morgan fingerprint density at radius 3 is 2.78 bits per heavy atom. The normalized spacial score (nSPS) is 13.0. The van der Waals surface area contributed by atoms with Crippen molar-refractivity contribution in [3.63, 3.8) is 0 Å². The average Bonchev–Trinajstić information content (AvgIpc) is 3.48. The number of carbonyl (C=O) groups excluding carboxylic acids is 2. The minimum Gasteiger partial charge on any atom is -0.361 e. The van der Waals surface area contributed by atoms with E-state index in [0.717, 1.165) is 34.4 Å². The van der Waals surface area contributed by atoms with Crippen LogP contribution in [0.3, 0.4) is 0 Å². The highest BCUT2D eigenvalue weighted by Gasteiger charge is 2.27. The second kappa shape index (κ2) is 10.6. The Bertz CT molecular complexity index is 1480. The lowest BCUT2D eigenvalue weighted by Crippen LogP contribution is -2.35. The summed E-state index contributed by atoms with van der Waals surface area (Å²) in [4.78, 5) is 31.5. The Hall–Kier alpha value is -4.15. The molecule has 0 fully saturated rings. The highest BCUT2D eigenvalue weighted by atomic mass is 32.1. The van der Waals surface area contributed by atoms with Gasteiger partial charge in [-0.15, -0.1) is 11.3 Å². The number of hydrogen-bond donors (Lipinski definition) is 2. The number of nitriles is 1. The van der Waals surface area contributed by atoms with Crippen molar-refractivity contribution in [2.24, 2.45) is 0 Å². The van der Waals surface area contributed by atoms with Gasteiger partial charge in [-0.25, -0.2) is 0 Å². The third-order valence-electron chi connectivity index (χ3n) is 6.50. The summed E-state index contributed by atoms with van der Waals surface area (Å²) in [5.74, 6) is -0.150. The summed E-state index contributed by atoms with van der Waals surface area (Å²) in [5, 5.41) is 14.4. The van der Waals surface area contributed by atoms with Gasteiger partial charge in [-0.3, -0.25) is 9.59 Å². The lowest BCUT2D eigenvalue weighted by Gasteiger charge is -2.27. The quantitative estimate of drug-likeness (QED) is 0.325. The number of amides is 2. The minimum absolute atomic E-state index is 0.128. The number of hydrogen-bond acceptors (Lipinski definition) is 4. The summed E-state index contributed by atoms with van der Waals surface area (Å²) < 4.78 is 0. The van der Waals surface area contributed by atoms with E-state index in [0.29, 0.717) is 36.5 Å². The monoisotopic (exact) mass is 494 g/mol. The van der Waals surface area contributed by atoms with Crippen molar-refractivity contribution in [2.75, 3.05) is 11.9 Å². The van der Waals surface area contributed by atoms with E-state index in [1.165, 1.54) is 28.4 Å². The molecule has 7 heteroatoms. The Labute approximate surface area is 213 Å². The molecule has 1 aliphatic rings. The van der Waals surface area contributed by atoms with Gasteiger partial charge in [0.15, 0.2) is 0 Å². The Morgan fingerprint density at radius 1 is 1.14 bits per heavy atom. The number of rotatable bonds is 7. The highest BCUT2D eigenvalue weighted by Crippen LogP contribution is 2.37. The van der Waals surface area contributed by atoms with E-state index >= 15 is 0 Å². The van der Waals surface area contributed by atoms with Crippen LogP contribution < -0.4 is 5.32 Å². The first kappa shape index (κ1) is 23.6. The van der Waals surface area contributed by atoms with E-state index in [4.69, 9.17) is 0 Å². The molecule has 0 radical (unpaired) electrons. The molecular weight excluding hydrogens is 468 g/mol. The first-order valence-electron chi connectivity index (χ1n) is 12.0. The van der Waals surface area contributed by atoms with Crippen molar-refractivity contribution in [1.82, 2.24) is 9.88 Å². The van der Waals surface area contributed by atoms with Gasteiger partial charge < -0.3 is 15.2 Å². The lowest BCUT2D eigenvalue weighted by atomic mass is 10.0. The molecule has 4 aromatic rings. The lowest BCUT2D eigenvalue weighted by molar-refractivity contribution is -0.132. The van der Waals surface area contributed by atoms with Crippen molar-refractivity contribution >= 4 is 45.1 Å². The van der Waals surface area contributed by atoms with Gasteiger partial charge in [-0.2, -0.15) is 5.26 Å². The predicted molar refractivity (Wildman–Crippen MR) is 143 cm³/mol. The topological polar surface area (TPSA) is 89.0 Å². The second-order valence-electron chi connectivity index (χ2n) is 8.83. The average molecular weight is 495 g/mol. The number of H-pyrrole nitrogens is 1. The summed E-state index contributed by atoms with van der Waals surface area (Å²) >= 11 is 1.39. The number of para-hydroxylation sites is 1. The number of nitrogens with one attached hydrogen (secondary N) is 2. The van der Waals surface area contributed by atoms with Crippen molar-refractivity contribution < 1.29 is 9.59 Å². The molecule has 2 N–H and O–H groups in total. The summed E-state index contributed by atoms with van der Waals surface area (Å²) in [6.07, 6.45) is 7.98. The number of fused-ring (bicyclic) bond motifs is 2. The molecule has 0 unspecified atom stereocenters. The van der Waals surface area contributed by atoms with Gasteiger partial charge in [0.05, 0.1) is 12.1 Å². The fourth-order valence-electron chi connectivity index (χ4n) is 4.64. The van der Waals surface area contributed by atoms with Crippen LogP contribution in [0.5, 0.6) is 0 Å². The first-order chi connectivity index (χ1) is 17.6. The van der Waals surface area contributed by atoms with Gasteiger partial charge in [-0.05, 0) is 48.1 Å². The van der Waals surface area contributed by atoms with E-state index in [2.05, 4.69) is 28.5 Å². The maximum Gasteiger partial charge on any atom is 0.249 e. The first-order valence-corrected chi connectivity index (χ1v) is 12.9. The smallest absolute Gasteiger partial charge is 0.249 e. The van der Waals surface area contributed by atoms with Crippen LogP contribution in [0.4, 0.5) is 5.00 Å². The number of nitrogens with zero attached hydrogens (tertiary/aromatic N) is 2. The third kappa shape index (κ3) is 5.09. The molecule has 1 aliphatic heterocycles. The van der Waals surface area contributed by atoms with Gasteiger partial charge in [-0.1, -0.05) is 48.5 Å². The van der Waals surface area contributed by atoms with E-state index in [-0.39, 0.29) is 11.8 Å². The molecule has 0 spiro atoms. The number of aryl methyl sites for hydroxylation is 1. The third-order valence-corrected chi connectivity index (χ3v) is 7.63. The Kier molecular flexibility index (Phi) is 6.96. The molecule has 6 nitrogen and oxygen atoms in total. The van der Waals surface area contributed by atoms with Crippen molar-refractivity contribution in [3.05, 3.63) is 94.0 Å². The van der Waals surface area contributed by atoms with Gasteiger partial charge in [0.25, 0.3) is 0 Å². The minimum atomic E-state index is -0.279. The number of anilines is 1. The second-order valence-corrected chi connectivity index (χ2v) is 9.94. The molecular formula is C29H26N4O2S. The molecule has 3 heterocycles. The summed E-state index contributed by atoms with van der Waals surface area (Å²) in [7, 11) is 0. The molecule has 2 aromatic carbocycles. The molecule has 2 aromatic heterocycles. The van der Waals surface area contributed by atoms with Crippen LogP contribution in [-0.2, 0) is 29.0 Å². The Balaban J connectivity index is 1.19. The van der Waals surface area contributed by atoms with E-state index < -0.39 is 0 Å². The fourth-order valence-corrected chi connectivity index (χ4v) is 5.86. The molecule has 36 heavy (non-hydrogen) atoms. The molecule has 5 rings (SSSR count). The van der Waals surface area contributed by atoms with E-state index in [9.17, 15) is 14.9 Å². The van der Waals surface area contributed by atoms with Gasteiger partial charge in [0, 0.05) is 41.0 Å². The fraction of sp³-hybridized carbons (Fsp3) is 0.207. The molecule has 0 aliphatic carbocycles. The number of aromatic nitrogens is 1. The SMILES string of the molecule is N#Cc1c(NC(=O)C=Cc2ccccc2)sc2c1CCN(C(=O)CCCc1c[nH]c3ccccc13)C2. The van der Waals surface area contributed by atoms with Crippen LogP contribution in [0.15, 0.2) is 66.9 Å². The molecule has 0 bridgehead atoms. The van der Waals surface area contributed by atoms with Crippen LogP contribution >= 0.6 is 11.3 Å². The van der Waals surface area contributed by atoms with Crippen molar-refractivity contribution in [1.29, 1.82) is 5.26 Å². The zero-order valence-electron chi connectivity index (χ0n) is 19.8. The van der Waals surface area contributed by atoms with Crippen molar-refractivity contribution in [2.45, 2.75) is 32.2 Å². The van der Waals surface area contributed by atoms with Crippen LogP contribution in [0.1, 0.15) is 40.0 Å². The maximum absolute atomic E-state index is 12.9. The predicted octanol–water partition coefficient (Wildman–Crippen LogP) is 5.66. The standard InChI is InChI=1S/C29H26N4O2S/c30-17-24-23-15-16-33(28(35)12-6-9-21-18-31-25-11-5-4-10-22(21)25)19-26(23)36-29(24)32-27(34)14-13-20-7-2-1-3-8-20/h1-5,7-8,10-11,13-14,18,31H,6,9,12,15-16,19H2,(H,32,34). The maximum atomic E-state index is 12.9. The van der Waals surface area contributed by atoms with Crippen molar-refractivity contribution in [3.8, 4) is 6.07 Å². The largest absolute Gasteiger partial charge is 0.361 e. The van der Waals surface area contributed by atoms with Crippen LogP contribution in [0.25, 0.3) is 17.0 Å². The summed E-state index contributed by atoms with van der Waals surface area (Å²) in [5.41, 5.74) is 4.75. The van der Waals surface area contributed by atoms with Gasteiger partial charge >= 0.3 is 0 Å². The van der Waals surface area contributed by atoms with E-state index in [1.54, 1.807) is 6.08 Å². The van der Waals surface area contributed by atoms with Crippen LogP contribution in [-0.4, -0.2) is 28.2 Å². The molecule has 0 atom stereocenters. The highest BCUT2D eigenvalue weighted by molar-refractivity contribution is 7.16. The van der Waals surface area contributed by atoms with E-state index in [1.807, 2.05) is 53.6 Å². The van der Waals surface area contributed by atoms with Gasteiger partial charge in [0.2, 0.25) is 11.8 Å².